The van der Waals surface area contributed by atoms with Crippen LogP contribution in [-0.4, -0.2) is 5.11 Å². The Morgan fingerprint density at radius 1 is 1.31 bits per heavy atom. The minimum Gasteiger partial charge on any atom is -0.393 e. The Bertz CT molecular complexity index is 256. The summed E-state index contributed by atoms with van der Waals surface area (Å²) in [4.78, 5) is 0. The number of benzene rings is 1. The van der Waals surface area contributed by atoms with Gasteiger partial charge in [0.2, 0.25) is 0 Å². The Hall–Kier alpha value is 0.154. The fourth-order valence-corrected chi connectivity index (χ4v) is 1.44. The predicted molar refractivity (Wildman–Crippen MR) is 50.9 cm³/mol. The summed E-state index contributed by atoms with van der Waals surface area (Å²) in [6, 6.07) is 4.02. The first-order chi connectivity index (χ1) is 5.69. The minimum atomic E-state index is 0. The Balaban J connectivity index is 0.00000144. The van der Waals surface area contributed by atoms with Gasteiger partial charge in [-0.2, -0.15) is 24.6 Å². The average Bonchev–Trinajstić information content (AvgIpc) is 2.08. The van der Waals surface area contributed by atoms with Crippen molar-refractivity contribution in [1.29, 1.82) is 0 Å². The summed E-state index contributed by atoms with van der Waals surface area (Å²) in [6.07, 6.45) is 1.00. The molecular formula is C11H15OY-. The molecule has 1 rings (SSSR count). The molecule has 0 aromatic heterocycles. The van der Waals surface area contributed by atoms with Gasteiger partial charge in [-0.3, -0.25) is 0 Å². The van der Waals surface area contributed by atoms with Gasteiger partial charge in [0, 0.05) is 32.7 Å². The van der Waals surface area contributed by atoms with Crippen molar-refractivity contribution >= 4 is 0 Å². The van der Waals surface area contributed by atoms with Crippen LogP contribution in [0.4, 0.5) is 0 Å². The van der Waals surface area contributed by atoms with Crippen LogP contribution >= 0.6 is 0 Å². The molecule has 1 aromatic carbocycles. The molecule has 0 spiro atoms. The molecule has 0 bridgehead atoms. The molecule has 0 aliphatic carbocycles. The maximum absolute atomic E-state index is 9.04. The predicted octanol–water partition coefficient (Wildman–Crippen LogP) is 2.23. The van der Waals surface area contributed by atoms with E-state index >= 15 is 0 Å². The number of aliphatic hydroxyl groups is 1. The molecule has 1 nitrogen and oxygen atoms in total. The summed E-state index contributed by atoms with van der Waals surface area (Å²) >= 11 is 0. The number of hydrogen-bond acceptors (Lipinski definition) is 1. The number of aryl methyl sites for hydroxylation is 1. The molecule has 69 valence electrons. The van der Waals surface area contributed by atoms with Crippen LogP contribution in [0.2, 0.25) is 0 Å². The summed E-state index contributed by atoms with van der Waals surface area (Å²) in [5.74, 6) is 0. The van der Waals surface area contributed by atoms with Crippen molar-refractivity contribution in [1.82, 2.24) is 0 Å². The largest absolute Gasteiger partial charge is 0.393 e. The molecule has 0 aliphatic rings. The van der Waals surface area contributed by atoms with Crippen molar-refractivity contribution in [2.24, 2.45) is 0 Å². The van der Waals surface area contributed by atoms with E-state index in [2.05, 4.69) is 19.9 Å². The van der Waals surface area contributed by atoms with Gasteiger partial charge in [-0.25, -0.2) is 0 Å². The summed E-state index contributed by atoms with van der Waals surface area (Å²) in [5.41, 5.74) is 4.47. The van der Waals surface area contributed by atoms with Crippen molar-refractivity contribution in [3.05, 3.63) is 41.3 Å². The second kappa shape index (κ2) is 5.79. The first kappa shape index (κ1) is 13.2. The minimum absolute atomic E-state index is 0. The Labute approximate surface area is 105 Å². The quantitative estimate of drug-likeness (QED) is 0.800. The Morgan fingerprint density at radius 2 is 1.85 bits per heavy atom. The molecule has 0 fully saturated rings. The van der Waals surface area contributed by atoms with Gasteiger partial charge in [-0.05, 0) is 13.3 Å². The van der Waals surface area contributed by atoms with E-state index in [1.54, 1.807) is 0 Å². The maximum atomic E-state index is 9.04. The summed E-state index contributed by atoms with van der Waals surface area (Å²) < 4.78 is 0. The van der Waals surface area contributed by atoms with E-state index in [-0.39, 0.29) is 39.3 Å². The third-order valence-electron chi connectivity index (χ3n) is 2.23. The number of aliphatic hydroxyl groups excluding tert-OH is 1. The van der Waals surface area contributed by atoms with Gasteiger partial charge in [0.05, 0.1) is 6.61 Å². The standard InChI is InChI=1S/C11H15O.Y/c1-4-10-5-8(2)6-11(7-12)9(10)3;/h5-6,12H,2,4,7H2,1,3H3;/q-1;. The molecule has 0 unspecified atom stereocenters. The molecule has 2 heteroatoms. The van der Waals surface area contributed by atoms with Crippen molar-refractivity contribution in [2.45, 2.75) is 26.9 Å². The number of hydrogen-bond donors (Lipinski definition) is 1. The molecular weight excluding hydrogens is 237 g/mol. The zero-order valence-electron chi connectivity index (χ0n) is 8.30. The van der Waals surface area contributed by atoms with Crippen LogP contribution in [0.1, 0.15) is 29.2 Å². The maximum Gasteiger partial charge on any atom is 0.0573 e. The topological polar surface area (TPSA) is 20.2 Å². The SMILES string of the molecule is [CH2-]c1cc(CC)c(C)c(CO)c1.[Y]. The smallest absolute Gasteiger partial charge is 0.0573 e. The van der Waals surface area contributed by atoms with E-state index in [1.807, 2.05) is 13.0 Å². The van der Waals surface area contributed by atoms with E-state index in [1.165, 1.54) is 11.1 Å². The Morgan fingerprint density at radius 3 is 2.31 bits per heavy atom. The Kier molecular flexibility index (Phi) is 5.86. The van der Waals surface area contributed by atoms with Gasteiger partial charge in [0.15, 0.2) is 0 Å². The van der Waals surface area contributed by atoms with E-state index < -0.39 is 0 Å². The molecule has 0 heterocycles. The van der Waals surface area contributed by atoms with Crippen molar-refractivity contribution in [3.63, 3.8) is 0 Å². The second-order valence-corrected chi connectivity index (χ2v) is 3.05. The van der Waals surface area contributed by atoms with Gasteiger partial charge in [0.25, 0.3) is 0 Å². The second-order valence-electron chi connectivity index (χ2n) is 3.05. The van der Waals surface area contributed by atoms with Crippen molar-refractivity contribution < 1.29 is 37.8 Å². The first-order valence-electron chi connectivity index (χ1n) is 4.24. The zero-order valence-corrected chi connectivity index (χ0v) is 11.1. The summed E-state index contributed by atoms with van der Waals surface area (Å²) in [6.45, 7) is 8.14. The third kappa shape index (κ3) is 3.09. The molecule has 0 aliphatic heterocycles. The molecule has 0 amide bonds. The molecule has 1 radical (unpaired) electrons. The third-order valence-corrected chi connectivity index (χ3v) is 2.23. The van der Waals surface area contributed by atoms with Gasteiger partial charge in [0.1, 0.15) is 0 Å². The molecule has 0 saturated carbocycles. The van der Waals surface area contributed by atoms with Crippen molar-refractivity contribution in [2.75, 3.05) is 0 Å². The van der Waals surface area contributed by atoms with Crippen LogP contribution in [-0.2, 0) is 45.7 Å². The summed E-state index contributed by atoms with van der Waals surface area (Å²) in [5, 5.41) is 9.04. The number of rotatable bonds is 2. The summed E-state index contributed by atoms with van der Waals surface area (Å²) in [7, 11) is 0. The molecule has 1 N–H and O–H groups in total. The van der Waals surface area contributed by atoms with Crippen molar-refractivity contribution in [3.8, 4) is 0 Å². The fraction of sp³-hybridized carbons (Fsp3) is 0.364. The monoisotopic (exact) mass is 252 g/mol. The van der Waals surface area contributed by atoms with Gasteiger partial charge >= 0.3 is 0 Å². The van der Waals surface area contributed by atoms with Crippen LogP contribution in [0.25, 0.3) is 0 Å². The van der Waals surface area contributed by atoms with E-state index in [0.717, 1.165) is 17.5 Å². The molecule has 0 saturated heterocycles. The molecule has 1 aromatic rings. The van der Waals surface area contributed by atoms with E-state index in [0.29, 0.717) is 0 Å². The molecule has 13 heavy (non-hydrogen) atoms. The normalized spacial score (nSPS) is 9.46. The average molecular weight is 252 g/mol. The first-order valence-corrected chi connectivity index (χ1v) is 4.24. The van der Waals surface area contributed by atoms with Crippen LogP contribution in [0.3, 0.4) is 0 Å². The van der Waals surface area contributed by atoms with Crippen LogP contribution in [0, 0.1) is 13.8 Å². The zero-order chi connectivity index (χ0) is 9.14. The van der Waals surface area contributed by atoms with Crippen LogP contribution in [0.15, 0.2) is 12.1 Å². The van der Waals surface area contributed by atoms with E-state index in [4.69, 9.17) is 5.11 Å². The molecule has 0 atom stereocenters. The van der Waals surface area contributed by atoms with E-state index in [9.17, 15) is 0 Å². The van der Waals surface area contributed by atoms with Gasteiger partial charge < -0.3 is 5.11 Å². The van der Waals surface area contributed by atoms with Gasteiger partial charge in [-0.1, -0.05) is 18.1 Å². The van der Waals surface area contributed by atoms with Crippen LogP contribution < -0.4 is 0 Å². The fourth-order valence-electron chi connectivity index (χ4n) is 1.44. The van der Waals surface area contributed by atoms with Gasteiger partial charge in [-0.15, -0.1) is 5.56 Å². The van der Waals surface area contributed by atoms with Crippen LogP contribution in [0.5, 0.6) is 0 Å².